The number of carbonyl (C=O) groups is 3. The molecule has 22 heavy (non-hydrogen) atoms. The first-order valence-corrected chi connectivity index (χ1v) is 7.07. The Kier molecular flexibility index (Phi) is 2.72. The van der Waals surface area contributed by atoms with E-state index in [2.05, 4.69) is 15.3 Å². The van der Waals surface area contributed by atoms with Gasteiger partial charge < -0.3 is 10.2 Å². The van der Waals surface area contributed by atoms with Crippen molar-refractivity contribution in [3.05, 3.63) is 28.6 Å². The fraction of sp³-hybridized carbons (Fsp3) is 0.357. The summed E-state index contributed by atoms with van der Waals surface area (Å²) in [5.41, 5.74) is 2.09. The van der Waals surface area contributed by atoms with E-state index in [0.717, 1.165) is 5.69 Å². The molecule has 1 fully saturated rings. The number of aromatic nitrogens is 1. The van der Waals surface area contributed by atoms with Crippen LogP contribution in [-0.2, 0) is 6.54 Å². The molecule has 1 saturated heterocycles. The normalized spacial score (nSPS) is 19.0. The summed E-state index contributed by atoms with van der Waals surface area (Å²) in [6.07, 6.45) is 3.05. The van der Waals surface area contributed by atoms with E-state index in [-0.39, 0.29) is 24.4 Å². The van der Waals surface area contributed by atoms with Crippen LogP contribution in [0.15, 0.2) is 11.2 Å². The summed E-state index contributed by atoms with van der Waals surface area (Å²) in [4.78, 5) is 47.5. The summed E-state index contributed by atoms with van der Waals surface area (Å²) < 4.78 is 0. The fourth-order valence-corrected chi connectivity index (χ4v) is 2.97. The lowest BCUT2D eigenvalue weighted by Crippen LogP contribution is -2.39. The van der Waals surface area contributed by atoms with Gasteiger partial charge in [0.2, 0.25) is 0 Å². The number of hydrogen-bond acceptors (Lipinski definition) is 5. The molecule has 1 aromatic rings. The number of hydrogen-bond donors (Lipinski definition) is 1. The Labute approximate surface area is 125 Å². The van der Waals surface area contributed by atoms with Crippen LogP contribution in [0, 0.1) is 0 Å². The molecule has 4 rings (SSSR count). The molecule has 0 unspecified atom stereocenters. The molecule has 0 atom stereocenters. The number of nitrogens with one attached hydrogen (secondary N) is 1. The third-order valence-electron chi connectivity index (χ3n) is 4.13. The van der Waals surface area contributed by atoms with Gasteiger partial charge in [0.05, 0.1) is 23.4 Å². The molecule has 8 heteroatoms. The standard InChI is InChI=1S/C14H13N5O3/c20-12-9-6-17-10-7-15-5-8(10)11(9)13(21)19(12)4-3-18-2-1-16-14(18)22/h5-6H,1-4,7H2,(H,16,22). The van der Waals surface area contributed by atoms with Crippen LogP contribution in [0.2, 0.25) is 0 Å². The van der Waals surface area contributed by atoms with E-state index in [1.807, 2.05) is 0 Å². The Morgan fingerprint density at radius 2 is 2.05 bits per heavy atom. The van der Waals surface area contributed by atoms with Crippen LogP contribution in [0.4, 0.5) is 4.79 Å². The molecule has 3 aliphatic rings. The van der Waals surface area contributed by atoms with Crippen molar-refractivity contribution in [3.8, 4) is 0 Å². The van der Waals surface area contributed by atoms with Crippen LogP contribution in [0.1, 0.15) is 32.0 Å². The minimum atomic E-state index is -0.352. The summed E-state index contributed by atoms with van der Waals surface area (Å²) in [5, 5.41) is 2.69. The van der Waals surface area contributed by atoms with E-state index in [4.69, 9.17) is 0 Å². The summed E-state index contributed by atoms with van der Waals surface area (Å²) in [6.45, 7) is 2.14. The first-order valence-electron chi connectivity index (χ1n) is 7.07. The van der Waals surface area contributed by atoms with E-state index in [1.165, 1.54) is 11.1 Å². The fourth-order valence-electron chi connectivity index (χ4n) is 2.97. The van der Waals surface area contributed by atoms with Crippen molar-refractivity contribution in [2.75, 3.05) is 26.2 Å². The minimum Gasteiger partial charge on any atom is -0.336 e. The molecule has 0 spiro atoms. The van der Waals surface area contributed by atoms with Gasteiger partial charge in [-0.1, -0.05) is 0 Å². The van der Waals surface area contributed by atoms with E-state index in [0.29, 0.717) is 42.9 Å². The van der Waals surface area contributed by atoms with Gasteiger partial charge in [-0.05, 0) is 0 Å². The Bertz CT molecular complexity index is 742. The zero-order valence-corrected chi connectivity index (χ0v) is 11.7. The SMILES string of the molecule is O=C1NCCN1CCN1C(=O)c2cnc3c(c2C1=O)C=NC3. The third kappa shape index (κ3) is 1.73. The van der Waals surface area contributed by atoms with Gasteiger partial charge in [0.1, 0.15) is 0 Å². The highest BCUT2D eigenvalue weighted by atomic mass is 16.2. The van der Waals surface area contributed by atoms with Crippen molar-refractivity contribution in [3.63, 3.8) is 0 Å². The number of aliphatic imine (C=N–C) groups is 1. The number of imide groups is 1. The number of nitrogens with zero attached hydrogens (tertiary/aromatic N) is 4. The number of rotatable bonds is 3. The molecular formula is C14H13N5O3. The van der Waals surface area contributed by atoms with Crippen molar-refractivity contribution in [2.45, 2.75) is 6.54 Å². The first kappa shape index (κ1) is 12.9. The lowest BCUT2D eigenvalue weighted by atomic mass is 10.1. The second-order valence-corrected chi connectivity index (χ2v) is 5.36. The van der Waals surface area contributed by atoms with Crippen molar-refractivity contribution in [1.82, 2.24) is 20.1 Å². The van der Waals surface area contributed by atoms with Gasteiger partial charge in [0, 0.05) is 44.2 Å². The molecule has 0 radical (unpaired) electrons. The summed E-state index contributed by atoms with van der Waals surface area (Å²) in [6, 6.07) is -0.161. The van der Waals surface area contributed by atoms with Crippen molar-refractivity contribution in [1.29, 1.82) is 0 Å². The highest BCUT2D eigenvalue weighted by Gasteiger charge is 2.39. The predicted octanol–water partition coefficient (Wildman–Crippen LogP) is -0.365. The molecule has 0 aliphatic carbocycles. The molecule has 112 valence electrons. The molecule has 3 aliphatic heterocycles. The Balaban J connectivity index is 1.59. The smallest absolute Gasteiger partial charge is 0.317 e. The predicted molar refractivity (Wildman–Crippen MR) is 75.9 cm³/mol. The van der Waals surface area contributed by atoms with E-state index in [1.54, 1.807) is 11.1 Å². The lowest BCUT2D eigenvalue weighted by Gasteiger charge is -2.19. The van der Waals surface area contributed by atoms with Gasteiger partial charge >= 0.3 is 6.03 Å². The zero-order valence-electron chi connectivity index (χ0n) is 11.7. The number of amides is 4. The monoisotopic (exact) mass is 299 g/mol. The van der Waals surface area contributed by atoms with Gasteiger partial charge in [0.15, 0.2) is 0 Å². The highest BCUT2D eigenvalue weighted by Crippen LogP contribution is 2.28. The second kappa shape index (κ2) is 4.62. The molecule has 8 nitrogen and oxygen atoms in total. The average molecular weight is 299 g/mol. The molecule has 1 N–H and O–H groups in total. The zero-order chi connectivity index (χ0) is 15.3. The molecule has 1 aromatic heterocycles. The summed E-state index contributed by atoms with van der Waals surface area (Å²) in [5.74, 6) is -0.679. The molecule has 4 heterocycles. The van der Waals surface area contributed by atoms with E-state index < -0.39 is 0 Å². The average Bonchev–Trinajstić information content (AvgIpc) is 3.18. The summed E-state index contributed by atoms with van der Waals surface area (Å²) in [7, 11) is 0. The minimum absolute atomic E-state index is 0.161. The van der Waals surface area contributed by atoms with Gasteiger partial charge in [-0.2, -0.15) is 0 Å². The maximum absolute atomic E-state index is 12.5. The largest absolute Gasteiger partial charge is 0.336 e. The molecule has 0 aromatic carbocycles. The summed E-state index contributed by atoms with van der Waals surface area (Å²) >= 11 is 0. The van der Waals surface area contributed by atoms with Crippen molar-refractivity contribution < 1.29 is 14.4 Å². The van der Waals surface area contributed by atoms with Crippen molar-refractivity contribution in [2.24, 2.45) is 4.99 Å². The Hall–Kier alpha value is -2.77. The van der Waals surface area contributed by atoms with Crippen molar-refractivity contribution >= 4 is 24.1 Å². The number of fused-ring (bicyclic) bond motifs is 3. The number of carbonyl (C=O) groups excluding carboxylic acids is 3. The van der Waals surface area contributed by atoms with Gasteiger partial charge in [-0.15, -0.1) is 0 Å². The number of pyridine rings is 1. The molecule has 0 saturated carbocycles. The van der Waals surface area contributed by atoms with Crippen LogP contribution < -0.4 is 5.32 Å². The van der Waals surface area contributed by atoms with E-state index >= 15 is 0 Å². The van der Waals surface area contributed by atoms with Crippen LogP contribution >= 0.6 is 0 Å². The van der Waals surface area contributed by atoms with Crippen LogP contribution in [0.25, 0.3) is 0 Å². The van der Waals surface area contributed by atoms with Crippen LogP contribution in [0.3, 0.4) is 0 Å². The molecule has 4 amide bonds. The van der Waals surface area contributed by atoms with E-state index in [9.17, 15) is 14.4 Å². The quantitative estimate of drug-likeness (QED) is 0.771. The molecule has 0 bridgehead atoms. The molecular weight excluding hydrogens is 286 g/mol. The van der Waals surface area contributed by atoms with Gasteiger partial charge in [-0.3, -0.25) is 24.5 Å². The van der Waals surface area contributed by atoms with Gasteiger partial charge in [0.25, 0.3) is 11.8 Å². The first-order chi connectivity index (χ1) is 10.7. The Morgan fingerprint density at radius 1 is 1.18 bits per heavy atom. The Morgan fingerprint density at radius 3 is 2.82 bits per heavy atom. The van der Waals surface area contributed by atoms with Crippen LogP contribution in [-0.4, -0.2) is 65.0 Å². The maximum atomic E-state index is 12.5. The maximum Gasteiger partial charge on any atom is 0.317 e. The highest BCUT2D eigenvalue weighted by molar-refractivity contribution is 6.24. The topological polar surface area (TPSA) is 95.0 Å². The second-order valence-electron chi connectivity index (χ2n) is 5.36. The lowest BCUT2D eigenvalue weighted by molar-refractivity contribution is 0.0643. The van der Waals surface area contributed by atoms with Crippen LogP contribution in [0.5, 0.6) is 0 Å². The van der Waals surface area contributed by atoms with Gasteiger partial charge in [-0.25, -0.2) is 4.79 Å². The third-order valence-corrected chi connectivity index (χ3v) is 4.13. The number of urea groups is 1.